The van der Waals surface area contributed by atoms with Crippen LogP contribution in [0, 0.1) is 0 Å². The third-order valence-electron chi connectivity index (χ3n) is 5.46. The molecule has 15 heteroatoms. The van der Waals surface area contributed by atoms with Gasteiger partial charge in [-0.3, -0.25) is 4.18 Å². The zero-order valence-electron chi connectivity index (χ0n) is 18.0. The standard InChI is InChI=1S/C21H17ClF9NO3S/c1-36(33,34)35-18(10-6-12(20(26,27)28)8-13(7-10)21(29,30)31)17-5-4-16(32-17)14-9-11(19(23,24)25)2-3-15(14)22/h2-3,6-9,16-18,32H,4-5H2,1H3/t16-,17-,18-/m0/s1. The molecule has 0 aromatic heterocycles. The van der Waals surface area contributed by atoms with E-state index in [0.29, 0.717) is 18.4 Å². The Labute approximate surface area is 204 Å². The molecular formula is C21H17ClF9NO3S. The molecule has 3 atom stereocenters. The van der Waals surface area contributed by atoms with Crippen LogP contribution in [-0.2, 0) is 32.8 Å². The highest BCUT2D eigenvalue weighted by atomic mass is 35.5. The molecule has 0 aliphatic carbocycles. The summed E-state index contributed by atoms with van der Waals surface area (Å²) < 4.78 is 148. The maximum Gasteiger partial charge on any atom is 0.416 e. The first kappa shape index (κ1) is 28.5. The minimum absolute atomic E-state index is 0.0212. The molecule has 1 N–H and O–H groups in total. The van der Waals surface area contributed by atoms with E-state index < -0.39 is 69.1 Å². The van der Waals surface area contributed by atoms with Crippen molar-refractivity contribution < 1.29 is 52.1 Å². The van der Waals surface area contributed by atoms with Gasteiger partial charge in [-0.1, -0.05) is 11.6 Å². The molecule has 3 rings (SSSR count). The third kappa shape index (κ3) is 6.84. The summed E-state index contributed by atoms with van der Waals surface area (Å²) in [5.41, 5.74) is -5.12. The van der Waals surface area contributed by atoms with Gasteiger partial charge in [0.05, 0.1) is 22.9 Å². The lowest BCUT2D eigenvalue weighted by Gasteiger charge is -2.26. The Bertz CT molecular complexity index is 1190. The second kappa shape index (κ2) is 9.69. The molecule has 200 valence electrons. The fourth-order valence-electron chi connectivity index (χ4n) is 3.93. The van der Waals surface area contributed by atoms with Gasteiger partial charge in [0.1, 0.15) is 6.10 Å². The van der Waals surface area contributed by atoms with Crippen LogP contribution < -0.4 is 5.32 Å². The molecule has 2 aromatic carbocycles. The topological polar surface area (TPSA) is 55.4 Å². The quantitative estimate of drug-likeness (QED) is 0.314. The lowest BCUT2D eigenvalue weighted by Crippen LogP contribution is -2.33. The van der Waals surface area contributed by atoms with E-state index in [1.165, 1.54) is 0 Å². The Morgan fingerprint density at radius 1 is 0.861 bits per heavy atom. The van der Waals surface area contributed by atoms with E-state index in [1.807, 2.05) is 0 Å². The molecule has 0 amide bonds. The van der Waals surface area contributed by atoms with Crippen LogP contribution in [-0.4, -0.2) is 20.7 Å². The number of rotatable bonds is 5. The van der Waals surface area contributed by atoms with Crippen LogP contribution in [0.4, 0.5) is 39.5 Å². The SMILES string of the molecule is CS(=O)(=O)O[C@@H](c1cc(C(F)(F)F)cc(C(F)(F)F)c1)[C@@H]1CC[C@@H](c2cc(C(F)(F)F)ccc2Cl)N1. The van der Waals surface area contributed by atoms with Crippen molar-refractivity contribution in [1.29, 1.82) is 0 Å². The summed E-state index contributed by atoms with van der Waals surface area (Å²) in [6, 6.07) is 0.990. The molecule has 36 heavy (non-hydrogen) atoms. The van der Waals surface area contributed by atoms with Crippen LogP contribution in [0.2, 0.25) is 5.02 Å². The predicted molar refractivity (Wildman–Crippen MR) is 110 cm³/mol. The molecule has 0 spiro atoms. The van der Waals surface area contributed by atoms with Gasteiger partial charge in [0, 0.05) is 17.1 Å². The van der Waals surface area contributed by atoms with Gasteiger partial charge in [0.2, 0.25) is 0 Å². The molecule has 0 saturated carbocycles. The largest absolute Gasteiger partial charge is 0.416 e. The normalized spacial score (nSPS) is 20.5. The average molecular weight is 570 g/mol. The maximum atomic E-state index is 13.3. The average Bonchev–Trinajstić information content (AvgIpc) is 3.19. The highest BCUT2D eigenvalue weighted by Gasteiger charge is 2.41. The van der Waals surface area contributed by atoms with Crippen LogP contribution in [0.3, 0.4) is 0 Å². The van der Waals surface area contributed by atoms with Crippen molar-refractivity contribution in [3.8, 4) is 0 Å². The molecule has 1 aliphatic heterocycles. The monoisotopic (exact) mass is 569 g/mol. The van der Waals surface area contributed by atoms with E-state index in [-0.39, 0.29) is 29.5 Å². The van der Waals surface area contributed by atoms with Gasteiger partial charge >= 0.3 is 18.5 Å². The van der Waals surface area contributed by atoms with Crippen molar-refractivity contribution in [1.82, 2.24) is 5.32 Å². The van der Waals surface area contributed by atoms with Crippen molar-refractivity contribution in [2.75, 3.05) is 6.26 Å². The number of halogens is 10. The van der Waals surface area contributed by atoms with E-state index >= 15 is 0 Å². The Morgan fingerprint density at radius 3 is 1.86 bits per heavy atom. The molecule has 0 unspecified atom stereocenters. The lowest BCUT2D eigenvalue weighted by atomic mass is 9.96. The lowest BCUT2D eigenvalue weighted by molar-refractivity contribution is -0.143. The van der Waals surface area contributed by atoms with Gasteiger partial charge in [0.15, 0.2) is 0 Å². The third-order valence-corrected chi connectivity index (χ3v) is 6.36. The molecule has 1 saturated heterocycles. The molecule has 0 radical (unpaired) electrons. The molecule has 1 aliphatic rings. The smallest absolute Gasteiger partial charge is 0.304 e. The summed E-state index contributed by atoms with van der Waals surface area (Å²) in [5.74, 6) is 0. The van der Waals surface area contributed by atoms with Gasteiger partial charge in [-0.2, -0.15) is 47.9 Å². The van der Waals surface area contributed by atoms with Crippen molar-refractivity contribution in [3.63, 3.8) is 0 Å². The van der Waals surface area contributed by atoms with Gasteiger partial charge in [-0.25, -0.2) is 0 Å². The van der Waals surface area contributed by atoms with Crippen LogP contribution in [0.1, 0.15) is 52.8 Å². The minimum Gasteiger partial charge on any atom is -0.304 e. The first-order chi connectivity index (χ1) is 16.3. The van der Waals surface area contributed by atoms with Crippen molar-refractivity contribution in [3.05, 3.63) is 69.2 Å². The van der Waals surface area contributed by atoms with Gasteiger partial charge in [-0.15, -0.1) is 0 Å². The number of nitrogens with one attached hydrogen (secondary N) is 1. The zero-order valence-corrected chi connectivity index (χ0v) is 19.6. The fraction of sp³-hybridized carbons (Fsp3) is 0.429. The number of hydrogen-bond acceptors (Lipinski definition) is 4. The summed E-state index contributed by atoms with van der Waals surface area (Å²) in [6.45, 7) is 0. The molecule has 1 fully saturated rings. The van der Waals surface area contributed by atoms with Crippen molar-refractivity contribution in [2.24, 2.45) is 0 Å². The first-order valence-electron chi connectivity index (χ1n) is 10.1. The second-order valence-corrected chi connectivity index (χ2v) is 10.2. The fourth-order valence-corrected chi connectivity index (χ4v) is 4.80. The van der Waals surface area contributed by atoms with Crippen molar-refractivity contribution >= 4 is 21.7 Å². The van der Waals surface area contributed by atoms with E-state index in [0.717, 1.165) is 18.2 Å². The number of alkyl halides is 9. The molecule has 1 heterocycles. The summed E-state index contributed by atoms with van der Waals surface area (Å²) >= 11 is 6.03. The number of benzene rings is 2. The summed E-state index contributed by atoms with van der Waals surface area (Å²) in [5, 5.41) is 2.69. The number of hydrogen-bond donors (Lipinski definition) is 1. The Hall–Kier alpha value is -2.03. The summed E-state index contributed by atoms with van der Waals surface area (Å²) in [7, 11) is -4.40. The zero-order chi connectivity index (χ0) is 27.3. The van der Waals surface area contributed by atoms with Gasteiger partial charge in [0.25, 0.3) is 10.1 Å². The summed E-state index contributed by atoms with van der Waals surface area (Å²) in [4.78, 5) is 0. The second-order valence-electron chi connectivity index (χ2n) is 8.20. The van der Waals surface area contributed by atoms with Crippen molar-refractivity contribution in [2.45, 2.75) is 49.6 Å². The van der Waals surface area contributed by atoms with E-state index in [2.05, 4.69) is 5.32 Å². The van der Waals surface area contributed by atoms with Gasteiger partial charge < -0.3 is 5.32 Å². The highest BCUT2D eigenvalue weighted by Crippen LogP contribution is 2.42. The molecule has 4 nitrogen and oxygen atoms in total. The Kier molecular flexibility index (Phi) is 7.68. The molecule has 2 aromatic rings. The van der Waals surface area contributed by atoms with E-state index in [9.17, 15) is 47.9 Å². The maximum absolute atomic E-state index is 13.3. The minimum atomic E-state index is -5.19. The predicted octanol–water partition coefficient (Wildman–Crippen LogP) is 6.91. The Morgan fingerprint density at radius 2 is 1.39 bits per heavy atom. The Balaban J connectivity index is 2.05. The highest BCUT2D eigenvalue weighted by molar-refractivity contribution is 7.86. The molecular weight excluding hydrogens is 553 g/mol. The summed E-state index contributed by atoms with van der Waals surface area (Å²) in [6.07, 6.45) is -16.4. The van der Waals surface area contributed by atoms with Crippen LogP contribution in [0.15, 0.2) is 36.4 Å². The van der Waals surface area contributed by atoms with Crippen LogP contribution in [0.25, 0.3) is 0 Å². The van der Waals surface area contributed by atoms with E-state index in [4.69, 9.17) is 15.8 Å². The van der Waals surface area contributed by atoms with Crippen LogP contribution in [0.5, 0.6) is 0 Å². The first-order valence-corrected chi connectivity index (χ1v) is 12.3. The van der Waals surface area contributed by atoms with E-state index in [1.54, 1.807) is 0 Å². The van der Waals surface area contributed by atoms with Crippen LogP contribution >= 0.6 is 11.6 Å². The molecule has 0 bridgehead atoms. The van der Waals surface area contributed by atoms with Gasteiger partial charge in [-0.05, 0) is 60.4 Å².